The molecular weight excluding hydrogens is 402 g/mol. The maximum absolute atomic E-state index is 13.2. The number of rotatable bonds is 7. The predicted molar refractivity (Wildman–Crippen MR) is 116 cm³/mol. The maximum atomic E-state index is 13.2. The SMILES string of the molecule is CCO[C@H]1OC(C(=O)N2CCOCC2)=C[C@@H](c2csc3ccccc23)[C@H]1CCCO. The minimum Gasteiger partial charge on any atom is -0.459 e. The zero-order valence-corrected chi connectivity index (χ0v) is 18.1. The average molecular weight is 432 g/mol. The highest BCUT2D eigenvalue weighted by Gasteiger charge is 2.39. The van der Waals surface area contributed by atoms with Crippen molar-refractivity contribution in [3.8, 4) is 0 Å². The van der Waals surface area contributed by atoms with E-state index in [1.807, 2.05) is 25.1 Å². The molecule has 1 amide bonds. The molecule has 6 nitrogen and oxygen atoms in total. The number of benzene rings is 1. The minimum atomic E-state index is -0.518. The van der Waals surface area contributed by atoms with Crippen LogP contribution in [0.1, 0.15) is 31.2 Å². The van der Waals surface area contributed by atoms with Gasteiger partial charge in [-0.15, -0.1) is 11.3 Å². The molecule has 1 fully saturated rings. The van der Waals surface area contributed by atoms with Crippen LogP contribution in [0, 0.1) is 5.92 Å². The summed E-state index contributed by atoms with van der Waals surface area (Å²) >= 11 is 1.71. The first-order valence-electron chi connectivity index (χ1n) is 10.7. The Hall–Kier alpha value is -1.93. The van der Waals surface area contributed by atoms with E-state index in [0.29, 0.717) is 45.1 Å². The number of amides is 1. The summed E-state index contributed by atoms with van der Waals surface area (Å²) in [6, 6.07) is 8.34. The monoisotopic (exact) mass is 431 g/mol. The highest BCUT2D eigenvalue weighted by atomic mass is 32.1. The Labute approximate surface area is 181 Å². The van der Waals surface area contributed by atoms with Crippen LogP contribution >= 0.6 is 11.3 Å². The summed E-state index contributed by atoms with van der Waals surface area (Å²) in [7, 11) is 0. The van der Waals surface area contributed by atoms with Crippen molar-refractivity contribution >= 4 is 27.3 Å². The summed E-state index contributed by atoms with van der Waals surface area (Å²) in [6.07, 6.45) is 2.88. The van der Waals surface area contributed by atoms with Crippen molar-refractivity contribution in [2.24, 2.45) is 5.92 Å². The summed E-state index contributed by atoms with van der Waals surface area (Å²) in [5, 5.41) is 12.8. The second-order valence-electron chi connectivity index (χ2n) is 7.62. The molecule has 7 heteroatoms. The van der Waals surface area contributed by atoms with Gasteiger partial charge >= 0.3 is 0 Å². The first-order valence-corrected chi connectivity index (χ1v) is 11.5. The molecule has 1 saturated heterocycles. The lowest BCUT2D eigenvalue weighted by Gasteiger charge is -2.38. The number of thiophene rings is 1. The van der Waals surface area contributed by atoms with Gasteiger partial charge in [-0.2, -0.15) is 0 Å². The minimum absolute atomic E-state index is 0.0157. The van der Waals surface area contributed by atoms with Gasteiger partial charge in [-0.3, -0.25) is 4.79 Å². The molecule has 162 valence electrons. The summed E-state index contributed by atoms with van der Waals surface area (Å²) in [5.41, 5.74) is 1.19. The molecule has 0 bridgehead atoms. The lowest BCUT2D eigenvalue weighted by Crippen LogP contribution is -2.44. The molecule has 2 aliphatic heterocycles. The van der Waals surface area contributed by atoms with E-state index >= 15 is 0 Å². The van der Waals surface area contributed by atoms with Gasteiger partial charge in [0.05, 0.1) is 13.2 Å². The second-order valence-corrected chi connectivity index (χ2v) is 8.53. The number of hydrogen-bond acceptors (Lipinski definition) is 6. The fourth-order valence-corrected chi connectivity index (χ4v) is 5.30. The molecule has 4 rings (SSSR count). The highest BCUT2D eigenvalue weighted by molar-refractivity contribution is 7.17. The molecule has 3 atom stereocenters. The topological polar surface area (TPSA) is 68.2 Å². The molecule has 2 aromatic rings. The number of allylic oxidation sites excluding steroid dienone is 1. The number of morpholine rings is 1. The van der Waals surface area contributed by atoms with Gasteiger partial charge in [-0.05, 0) is 48.2 Å². The van der Waals surface area contributed by atoms with E-state index in [0.717, 1.165) is 6.42 Å². The smallest absolute Gasteiger partial charge is 0.288 e. The third-order valence-corrected chi connectivity index (χ3v) is 6.77. The van der Waals surface area contributed by atoms with Gasteiger partial charge in [0.1, 0.15) is 0 Å². The molecule has 1 N–H and O–H groups in total. The normalized spacial score (nSPS) is 24.5. The number of ether oxygens (including phenoxy) is 3. The molecule has 0 saturated carbocycles. The van der Waals surface area contributed by atoms with Crippen LogP contribution in [0.3, 0.4) is 0 Å². The van der Waals surface area contributed by atoms with Gasteiger partial charge in [0.2, 0.25) is 6.29 Å². The highest BCUT2D eigenvalue weighted by Crippen LogP contribution is 2.43. The molecule has 0 spiro atoms. The van der Waals surface area contributed by atoms with E-state index in [-0.39, 0.29) is 24.3 Å². The van der Waals surface area contributed by atoms with Crippen LogP contribution < -0.4 is 0 Å². The first-order chi connectivity index (χ1) is 14.7. The van der Waals surface area contributed by atoms with Crippen LogP contribution in [0.5, 0.6) is 0 Å². The lowest BCUT2D eigenvalue weighted by molar-refractivity contribution is -0.171. The predicted octanol–water partition coefficient (Wildman–Crippen LogP) is 3.51. The van der Waals surface area contributed by atoms with Crippen LogP contribution in [-0.2, 0) is 19.0 Å². The molecule has 30 heavy (non-hydrogen) atoms. The van der Waals surface area contributed by atoms with Crippen molar-refractivity contribution in [3.05, 3.63) is 47.0 Å². The quantitative estimate of drug-likeness (QED) is 0.727. The molecular formula is C23H29NO5S. The van der Waals surface area contributed by atoms with Gasteiger partial charge in [-0.25, -0.2) is 0 Å². The summed E-state index contributed by atoms with van der Waals surface area (Å²) in [4.78, 5) is 15.0. The molecule has 0 unspecified atom stereocenters. The fraction of sp³-hybridized carbons (Fsp3) is 0.522. The summed E-state index contributed by atoms with van der Waals surface area (Å²) < 4.78 is 18.7. The number of carbonyl (C=O) groups excluding carboxylic acids is 1. The van der Waals surface area contributed by atoms with Crippen LogP contribution in [0.2, 0.25) is 0 Å². The van der Waals surface area contributed by atoms with Crippen molar-refractivity contribution in [2.75, 3.05) is 39.5 Å². The van der Waals surface area contributed by atoms with Gasteiger partial charge in [0, 0.05) is 42.8 Å². The van der Waals surface area contributed by atoms with Crippen LogP contribution in [0.4, 0.5) is 0 Å². The van der Waals surface area contributed by atoms with Crippen LogP contribution in [-0.4, -0.2) is 61.7 Å². The van der Waals surface area contributed by atoms with Gasteiger partial charge in [-0.1, -0.05) is 18.2 Å². The van der Waals surface area contributed by atoms with E-state index in [1.54, 1.807) is 16.2 Å². The van der Waals surface area contributed by atoms with Gasteiger partial charge < -0.3 is 24.2 Å². The average Bonchev–Trinajstić information content (AvgIpc) is 3.22. The van der Waals surface area contributed by atoms with Gasteiger partial charge in [0.25, 0.3) is 5.91 Å². The Bertz CT molecular complexity index is 889. The van der Waals surface area contributed by atoms with Crippen LogP contribution in [0.25, 0.3) is 10.1 Å². The van der Waals surface area contributed by atoms with E-state index in [9.17, 15) is 9.90 Å². The van der Waals surface area contributed by atoms with Crippen molar-refractivity contribution in [2.45, 2.75) is 32.0 Å². The Morgan fingerprint density at radius 2 is 2.10 bits per heavy atom. The number of aliphatic hydroxyl groups is 1. The fourth-order valence-electron chi connectivity index (χ4n) is 4.29. The number of fused-ring (bicyclic) bond motifs is 1. The zero-order valence-electron chi connectivity index (χ0n) is 17.3. The first kappa shape index (κ1) is 21.3. The Morgan fingerprint density at radius 1 is 1.30 bits per heavy atom. The van der Waals surface area contributed by atoms with Crippen molar-refractivity contribution in [1.29, 1.82) is 0 Å². The van der Waals surface area contributed by atoms with E-state index in [4.69, 9.17) is 14.2 Å². The molecule has 2 aliphatic rings. The Balaban J connectivity index is 1.73. The Morgan fingerprint density at radius 3 is 2.87 bits per heavy atom. The number of aliphatic hydroxyl groups excluding tert-OH is 1. The number of carbonyl (C=O) groups is 1. The third kappa shape index (κ3) is 4.39. The number of nitrogens with zero attached hydrogens (tertiary/aromatic N) is 1. The van der Waals surface area contributed by atoms with E-state index < -0.39 is 6.29 Å². The third-order valence-electron chi connectivity index (χ3n) is 5.79. The van der Waals surface area contributed by atoms with E-state index in [1.165, 1.54) is 15.6 Å². The van der Waals surface area contributed by atoms with Crippen molar-refractivity contribution < 1.29 is 24.1 Å². The molecule has 0 aliphatic carbocycles. The van der Waals surface area contributed by atoms with E-state index in [2.05, 4.69) is 17.5 Å². The number of hydrogen-bond donors (Lipinski definition) is 1. The molecule has 1 aromatic carbocycles. The van der Waals surface area contributed by atoms with Crippen molar-refractivity contribution in [1.82, 2.24) is 4.90 Å². The Kier molecular flexibility index (Phi) is 7.04. The standard InChI is InChI=1S/C23H29NO5S/c1-2-28-23-17(7-5-11-25)18(19-15-30-21-8-4-3-6-16(19)21)14-20(29-23)22(26)24-9-12-27-13-10-24/h3-4,6,8,14-15,17-18,23,25H,2,5,7,9-13H2,1H3/t17-,18-,23+/m1/s1. The van der Waals surface area contributed by atoms with Gasteiger partial charge in [0.15, 0.2) is 5.76 Å². The van der Waals surface area contributed by atoms with Crippen molar-refractivity contribution in [3.63, 3.8) is 0 Å². The van der Waals surface area contributed by atoms with Crippen LogP contribution in [0.15, 0.2) is 41.5 Å². The molecule has 3 heterocycles. The molecule has 1 aromatic heterocycles. The summed E-state index contributed by atoms with van der Waals surface area (Å²) in [5.74, 6) is 0.262. The largest absolute Gasteiger partial charge is 0.459 e. The summed E-state index contributed by atoms with van der Waals surface area (Å²) in [6.45, 7) is 4.78. The second kappa shape index (κ2) is 9.92. The molecule has 0 radical (unpaired) electrons. The lowest BCUT2D eigenvalue weighted by atomic mass is 9.80. The zero-order chi connectivity index (χ0) is 20.9. The maximum Gasteiger partial charge on any atom is 0.288 e.